The van der Waals surface area contributed by atoms with Crippen molar-refractivity contribution in [2.24, 2.45) is 0 Å². The van der Waals surface area contributed by atoms with Crippen molar-refractivity contribution in [2.75, 3.05) is 11.0 Å². The lowest BCUT2D eigenvalue weighted by molar-refractivity contribution is 0.607. The molecule has 3 aromatic rings. The maximum absolute atomic E-state index is 11.2. The van der Waals surface area contributed by atoms with Gasteiger partial charge in [-0.2, -0.15) is 0 Å². The molecule has 0 unspecified atom stereocenters. The lowest BCUT2D eigenvalue weighted by Gasteiger charge is -2.04. The van der Waals surface area contributed by atoms with E-state index in [4.69, 9.17) is 0 Å². The van der Waals surface area contributed by atoms with Gasteiger partial charge in [0, 0.05) is 28.5 Å². The maximum atomic E-state index is 11.2. The van der Waals surface area contributed by atoms with Crippen molar-refractivity contribution in [1.82, 2.24) is 15.0 Å². The zero-order chi connectivity index (χ0) is 16.4. The minimum Gasteiger partial charge on any atom is -0.284 e. The van der Waals surface area contributed by atoms with Crippen LogP contribution in [0.5, 0.6) is 0 Å². The van der Waals surface area contributed by atoms with Gasteiger partial charge in [-0.05, 0) is 19.1 Å². The molecule has 0 radical (unpaired) electrons. The summed E-state index contributed by atoms with van der Waals surface area (Å²) in [4.78, 5) is 14.0. The Morgan fingerprint density at radius 3 is 2.48 bits per heavy atom. The molecule has 2 heterocycles. The number of sulfonamides is 1. The summed E-state index contributed by atoms with van der Waals surface area (Å²) in [5.41, 5.74) is 3.05. The fourth-order valence-electron chi connectivity index (χ4n) is 2.09. The van der Waals surface area contributed by atoms with Crippen LogP contribution in [0.4, 0.5) is 5.69 Å². The van der Waals surface area contributed by atoms with E-state index >= 15 is 0 Å². The fraction of sp³-hybridized carbons (Fsp3) is 0.133. The second kappa shape index (κ2) is 6.05. The third-order valence-electron chi connectivity index (χ3n) is 3.04. The van der Waals surface area contributed by atoms with E-state index in [0.717, 1.165) is 33.1 Å². The molecular weight excluding hydrogens is 332 g/mol. The molecule has 1 aromatic carbocycles. The molecule has 0 fully saturated rings. The first-order chi connectivity index (χ1) is 10.9. The van der Waals surface area contributed by atoms with Gasteiger partial charge in [0.1, 0.15) is 10.7 Å². The highest BCUT2D eigenvalue weighted by molar-refractivity contribution is 7.92. The monoisotopic (exact) mass is 346 g/mol. The summed E-state index contributed by atoms with van der Waals surface area (Å²) in [6.07, 6.45) is 6.07. The normalized spacial score (nSPS) is 11.4. The Balaban J connectivity index is 1.92. The topological polar surface area (TPSA) is 84.8 Å². The number of nitrogens with one attached hydrogen (secondary N) is 1. The van der Waals surface area contributed by atoms with Crippen LogP contribution in [0, 0.1) is 6.92 Å². The van der Waals surface area contributed by atoms with Crippen LogP contribution in [-0.4, -0.2) is 29.6 Å². The molecule has 0 aliphatic heterocycles. The zero-order valence-corrected chi connectivity index (χ0v) is 14.1. The van der Waals surface area contributed by atoms with E-state index in [0.29, 0.717) is 5.69 Å². The lowest BCUT2D eigenvalue weighted by Crippen LogP contribution is -2.09. The molecule has 0 bridgehead atoms. The van der Waals surface area contributed by atoms with Crippen molar-refractivity contribution in [3.63, 3.8) is 0 Å². The first kappa shape index (κ1) is 15.6. The van der Waals surface area contributed by atoms with Crippen molar-refractivity contribution in [3.05, 3.63) is 47.7 Å². The summed E-state index contributed by atoms with van der Waals surface area (Å²) in [6, 6.07) is 7.13. The summed E-state index contributed by atoms with van der Waals surface area (Å²) in [7, 11) is -3.27. The third-order valence-corrected chi connectivity index (χ3v) is 4.64. The minimum absolute atomic E-state index is 0.526. The van der Waals surface area contributed by atoms with E-state index in [-0.39, 0.29) is 0 Å². The molecule has 8 heteroatoms. The zero-order valence-electron chi connectivity index (χ0n) is 12.5. The first-order valence-corrected chi connectivity index (χ1v) is 9.45. The summed E-state index contributed by atoms with van der Waals surface area (Å²) in [5, 5.41) is 0.809. The van der Waals surface area contributed by atoms with Crippen molar-refractivity contribution < 1.29 is 8.42 Å². The lowest BCUT2D eigenvalue weighted by atomic mass is 10.1. The quantitative estimate of drug-likeness (QED) is 0.785. The number of hydrogen-bond donors (Lipinski definition) is 1. The van der Waals surface area contributed by atoms with Gasteiger partial charge in [0.05, 0.1) is 18.1 Å². The Bertz CT molecular complexity index is 920. The summed E-state index contributed by atoms with van der Waals surface area (Å²) in [6.45, 7) is 2.00. The molecule has 0 atom stereocenters. The molecule has 0 saturated carbocycles. The molecule has 23 heavy (non-hydrogen) atoms. The summed E-state index contributed by atoms with van der Waals surface area (Å²) < 4.78 is 24.9. The SMILES string of the molecule is Cc1sc(-c2cnccn2)nc1-c1ccc(NS(C)(=O)=O)cc1. The summed E-state index contributed by atoms with van der Waals surface area (Å²) >= 11 is 1.55. The van der Waals surface area contributed by atoms with E-state index in [2.05, 4.69) is 19.7 Å². The molecule has 0 spiro atoms. The molecule has 6 nitrogen and oxygen atoms in total. The van der Waals surface area contributed by atoms with Gasteiger partial charge in [-0.1, -0.05) is 12.1 Å². The Kier molecular flexibility index (Phi) is 4.10. The van der Waals surface area contributed by atoms with Gasteiger partial charge in [-0.3, -0.25) is 14.7 Å². The Morgan fingerprint density at radius 1 is 1.13 bits per heavy atom. The van der Waals surface area contributed by atoms with Crippen LogP contribution < -0.4 is 4.72 Å². The number of rotatable bonds is 4. The number of aromatic nitrogens is 3. The van der Waals surface area contributed by atoms with E-state index < -0.39 is 10.0 Å². The Labute approximate surface area is 138 Å². The van der Waals surface area contributed by atoms with Crippen LogP contribution >= 0.6 is 11.3 Å². The molecule has 118 valence electrons. The van der Waals surface area contributed by atoms with Crippen LogP contribution in [0.1, 0.15) is 4.88 Å². The van der Waals surface area contributed by atoms with Gasteiger partial charge >= 0.3 is 0 Å². The highest BCUT2D eigenvalue weighted by atomic mass is 32.2. The highest BCUT2D eigenvalue weighted by Gasteiger charge is 2.12. The van der Waals surface area contributed by atoms with E-state index in [1.54, 1.807) is 42.1 Å². The second-order valence-electron chi connectivity index (χ2n) is 4.97. The number of aryl methyl sites for hydroxylation is 1. The number of nitrogens with zero attached hydrogens (tertiary/aromatic N) is 3. The molecule has 0 amide bonds. The number of anilines is 1. The van der Waals surface area contributed by atoms with Gasteiger partial charge < -0.3 is 0 Å². The highest BCUT2D eigenvalue weighted by Crippen LogP contribution is 2.32. The van der Waals surface area contributed by atoms with Gasteiger partial charge in [-0.25, -0.2) is 13.4 Å². The molecule has 0 aliphatic carbocycles. The maximum Gasteiger partial charge on any atom is 0.229 e. The third kappa shape index (κ3) is 3.72. The second-order valence-corrected chi connectivity index (χ2v) is 7.92. The van der Waals surface area contributed by atoms with Crippen LogP contribution in [0.15, 0.2) is 42.9 Å². The van der Waals surface area contributed by atoms with Crippen LogP contribution in [0.3, 0.4) is 0 Å². The van der Waals surface area contributed by atoms with Crippen molar-refractivity contribution in [1.29, 1.82) is 0 Å². The van der Waals surface area contributed by atoms with Crippen molar-refractivity contribution >= 4 is 27.0 Å². The summed E-state index contributed by atoms with van der Waals surface area (Å²) in [5.74, 6) is 0. The fourth-order valence-corrected chi connectivity index (χ4v) is 3.55. The molecular formula is C15H14N4O2S2. The molecule has 1 N–H and O–H groups in total. The van der Waals surface area contributed by atoms with Crippen LogP contribution in [0.2, 0.25) is 0 Å². The van der Waals surface area contributed by atoms with Crippen molar-refractivity contribution in [2.45, 2.75) is 6.92 Å². The first-order valence-electron chi connectivity index (χ1n) is 6.74. The largest absolute Gasteiger partial charge is 0.284 e. The van der Waals surface area contributed by atoms with Crippen LogP contribution in [0.25, 0.3) is 22.0 Å². The average molecular weight is 346 g/mol. The number of thiazole rings is 1. The van der Waals surface area contributed by atoms with E-state index in [9.17, 15) is 8.42 Å². The average Bonchev–Trinajstić information content (AvgIpc) is 2.89. The molecule has 0 aliphatic rings. The van der Waals surface area contributed by atoms with E-state index in [1.807, 2.05) is 19.1 Å². The molecule has 3 rings (SSSR count). The standard InChI is InChI=1S/C15H14N4O2S2/c1-10-14(18-15(22-10)13-9-16-7-8-17-13)11-3-5-12(6-4-11)19-23(2,20)21/h3-9,19H,1-2H3. The molecule has 2 aromatic heterocycles. The smallest absolute Gasteiger partial charge is 0.229 e. The predicted molar refractivity (Wildman–Crippen MR) is 91.8 cm³/mol. The minimum atomic E-state index is -3.27. The Morgan fingerprint density at radius 2 is 1.87 bits per heavy atom. The predicted octanol–water partition coefficient (Wildman–Crippen LogP) is 2.95. The number of hydrogen-bond acceptors (Lipinski definition) is 6. The molecule has 0 saturated heterocycles. The van der Waals surface area contributed by atoms with Crippen LogP contribution in [-0.2, 0) is 10.0 Å². The number of benzene rings is 1. The van der Waals surface area contributed by atoms with Crippen molar-refractivity contribution in [3.8, 4) is 22.0 Å². The Hall–Kier alpha value is -2.32. The van der Waals surface area contributed by atoms with Gasteiger partial charge in [0.25, 0.3) is 0 Å². The van der Waals surface area contributed by atoms with E-state index in [1.165, 1.54) is 0 Å². The van der Waals surface area contributed by atoms with Gasteiger partial charge in [0.2, 0.25) is 10.0 Å². The van der Waals surface area contributed by atoms with Gasteiger partial charge in [-0.15, -0.1) is 11.3 Å². The van der Waals surface area contributed by atoms with Gasteiger partial charge in [0.15, 0.2) is 0 Å².